The number of halogens is 1. The summed E-state index contributed by atoms with van der Waals surface area (Å²) < 4.78 is 14.5. The number of rotatable bonds is 3. The molecule has 0 atom stereocenters. The van der Waals surface area contributed by atoms with E-state index in [9.17, 15) is 9.18 Å². The van der Waals surface area contributed by atoms with Gasteiger partial charge in [0.2, 0.25) is 0 Å². The van der Waals surface area contributed by atoms with Crippen LogP contribution in [0.4, 0.5) is 14.9 Å². The summed E-state index contributed by atoms with van der Waals surface area (Å²) in [5, 5.41) is 9.18. The molecule has 0 spiro atoms. The monoisotopic (exact) mass is 248 g/mol. The lowest BCUT2D eigenvalue weighted by atomic mass is 10.3. The summed E-state index contributed by atoms with van der Waals surface area (Å²) in [6, 6.07) is 5.34. The van der Waals surface area contributed by atoms with Crippen molar-refractivity contribution in [1.82, 2.24) is 15.1 Å². The number of amides is 2. The number of aryl methyl sites for hydroxylation is 1. The van der Waals surface area contributed by atoms with Crippen molar-refractivity contribution < 1.29 is 9.18 Å². The molecule has 5 nitrogen and oxygen atoms in total. The summed E-state index contributed by atoms with van der Waals surface area (Å²) >= 11 is 0. The van der Waals surface area contributed by atoms with Gasteiger partial charge in [-0.2, -0.15) is 5.10 Å². The third-order valence-corrected chi connectivity index (χ3v) is 2.29. The van der Waals surface area contributed by atoms with Crippen LogP contribution in [-0.2, 0) is 13.6 Å². The second kappa shape index (κ2) is 5.31. The molecule has 6 heteroatoms. The second-order valence-electron chi connectivity index (χ2n) is 3.84. The minimum Gasteiger partial charge on any atom is -0.334 e. The number of carbonyl (C=O) groups is 1. The van der Waals surface area contributed by atoms with Gasteiger partial charge in [0.15, 0.2) is 0 Å². The van der Waals surface area contributed by atoms with Crippen LogP contribution in [0.25, 0.3) is 0 Å². The van der Waals surface area contributed by atoms with Gasteiger partial charge in [0.05, 0.1) is 6.20 Å². The normalized spacial score (nSPS) is 10.1. The molecule has 18 heavy (non-hydrogen) atoms. The Morgan fingerprint density at radius 2 is 2.33 bits per heavy atom. The first-order valence-corrected chi connectivity index (χ1v) is 5.41. The van der Waals surface area contributed by atoms with E-state index in [0.717, 1.165) is 5.56 Å². The summed E-state index contributed by atoms with van der Waals surface area (Å²) in [5.74, 6) is -0.389. The highest BCUT2D eigenvalue weighted by Crippen LogP contribution is 2.08. The Balaban J connectivity index is 1.85. The number of aromatic nitrogens is 2. The van der Waals surface area contributed by atoms with E-state index in [1.54, 1.807) is 24.0 Å². The number of carbonyl (C=O) groups excluding carboxylic acids is 1. The Kier molecular flexibility index (Phi) is 3.57. The second-order valence-corrected chi connectivity index (χ2v) is 3.84. The fourth-order valence-corrected chi connectivity index (χ4v) is 1.49. The van der Waals surface area contributed by atoms with Crippen LogP contribution in [-0.4, -0.2) is 15.8 Å². The molecule has 0 aliphatic rings. The number of anilines is 1. The van der Waals surface area contributed by atoms with Gasteiger partial charge in [-0.25, -0.2) is 9.18 Å². The van der Waals surface area contributed by atoms with Crippen molar-refractivity contribution in [3.05, 3.63) is 48.0 Å². The zero-order valence-electron chi connectivity index (χ0n) is 9.85. The summed E-state index contributed by atoms with van der Waals surface area (Å²) in [5.41, 5.74) is 1.31. The summed E-state index contributed by atoms with van der Waals surface area (Å²) in [4.78, 5) is 11.5. The Morgan fingerprint density at radius 3 is 3.00 bits per heavy atom. The number of hydrogen-bond donors (Lipinski definition) is 2. The van der Waals surface area contributed by atoms with Crippen LogP contribution in [0.15, 0.2) is 36.7 Å². The maximum atomic E-state index is 12.9. The lowest BCUT2D eigenvalue weighted by molar-refractivity contribution is 0.251. The zero-order valence-corrected chi connectivity index (χ0v) is 9.85. The van der Waals surface area contributed by atoms with Gasteiger partial charge in [-0.1, -0.05) is 6.07 Å². The van der Waals surface area contributed by atoms with E-state index < -0.39 is 0 Å². The van der Waals surface area contributed by atoms with Gasteiger partial charge in [-0.05, 0) is 18.2 Å². The van der Waals surface area contributed by atoms with Gasteiger partial charge in [0.25, 0.3) is 0 Å². The van der Waals surface area contributed by atoms with Crippen molar-refractivity contribution in [3.63, 3.8) is 0 Å². The van der Waals surface area contributed by atoms with E-state index in [1.165, 1.54) is 18.2 Å². The highest BCUT2D eigenvalue weighted by Gasteiger charge is 2.03. The third kappa shape index (κ3) is 3.31. The van der Waals surface area contributed by atoms with E-state index >= 15 is 0 Å². The predicted molar refractivity (Wildman–Crippen MR) is 65.5 cm³/mol. The molecule has 1 aromatic carbocycles. The summed E-state index contributed by atoms with van der Waals surface area (Å²) in [6.07, 6.45) is 3.48. The van der Waals surface area contributed by atoms with Crippen LogP contribution < -0.4 is 10.6 Å². The molecule has 2 amide bonds. The number of nitrogens with zero attached hydrogens (tertiary/aromatic N) is 2. The van der Waals surface area contributed by atoms with Crippen LogP contribution in [0.2, 0.25) is 0 Å². The lowest BCUT2D eigenvalue weighted by Gasteiger charge is -2.06. The fraction of sp³-hybridized carbons (Fsp3) is 0.167. The largest absolute Gasteiger partial charge is 0.334 e. The zero-order chi connectivity index (χ0) is 13.0. The maximum absolute atomic E-state index is 12.9. The van der Waals surface area contributed by atoms with Crippen LogP contribution in [0.3, 0.4) is 0 Å². The molecular formula is C12H13FN4O. The molecule has 0 aliphatic heterocycles. The fourth-order valence-electron chi connectivity index (χ4n) is 1.49. The van der Waals surface area contributed by atoms with Crippen LogP contribution in [0, 0.1) is 5.82 Å². The number of urea groups is 1. The lowest BCUT2D eigenvalue weighted by Crippen LogP contribution is -2.28. The van der Waals surface area contributed by atoms with Gasteiger partial charge >= 0.3 is 6.03 Å². The van der Waals surface area contributed by atoms with Crippen molar-refractivity contribution in [3.8, 4) is 0 Å². The molecule has 2 aromatic rings. The smallest absolute Gasteiger partial charge is 0.319 e. The van der Waals surface area contributed by atoms with Crippen LogP contribution in [0.1, 0.15) is 5.56 Å². The van der Waals surface area contributed by atoms with Crippen molar-refractivity contribution in [2.24, 2.45) is 7.05 Å². The highest BCUT2D eigenvalue weighted by atomic mass is 19.1. The molecule has 0 radical (unpaired) electrons. The molecule has 0 unspecified atom stereocenters. The quantitative estimate of drug-likeness (QED) is 0.871. The summed E-state index contributed by atoms with van der Waals surface area (Å²) in [7, 11) is 1.80. The minimum atomic E-state index is -0.389. The van der Waals surface area contributed by atoms with E-state index in [4.69, 9.17) is 0 Å². The molecule has 1 aromatic heterocycles. The SMILES string of the molecule is Cn1cc(CNC(=O)Nc2cccc(F)c2)cn1. The molecule has 0 aliphatic carbocycles. The first kappa shape index (κ1) is 12.1. The molecule has 0 bridgehead atoms. The number of benzene rings is 1. The average Bonchev–Trinajstić information content (AvgIpc) is 2.73. The maximum Gasteiger partial charge on any atom is 0.319 e. The Hall–Kier alpha value is -2.37. The molecule has 2 rings (SSSR count). The standard InChI is InChI=1S/C12H13FN4O/c1-17-8-9(7-15-17)6-14-12(18)16-11-4-2-3-10(13)5-11/h2-5,7-8H,6H2,1H3,(H2,14,16,18). The number of hydrogen-bond acceptors (Lipinski definition) is 2. The third-order valence-electron chi connectivity index (χ3n) is 2.29. The van der Waals surface area contributed by atoms with Crippen LogP contribution >= 0.6 is 0 Å². The van der Waals surface area contributed by atoms with E-state index in [1.807, 2.05) is 6.20 Å². The molecular weight excluding hydrogens is 235 g/mol. The Morgan fingerprint density at radius 1 is 1.50 bits per heavy atom. The van der Waals surface area contributed by atoms with Gasteiger partial charge in [0, 0.05) is 31.0 Å². The number of nitrogens with one attached hydrogen (secondary N) is 2. The van der Waals surface area contributed by atoms with Gasteiger partial charge in [-0.15, -0.1) is 0 Å². The van der Waals surface area contributed by atoms with Crippen LogP contribution in [0.5, 0.6) is 0 Å². The molecule has 0 fully saturated rings. The molecule has 0 saturated carbocycles. The van der Waals surface area contributed by atoms with Gasteiger partial charge in [-0.3, -0.25) is 4.68 Å². The average molecular weight is 248 g/mol. The predicted octanol–water partition coefficient (Wildman–Crippen LogP) is 1.88. The van der Waals surface area contributed by atoms with Crippen molar-refractivity contribution in [2.75, 3.05) is 5.32 Å². The first-order valence-electron chi connectivity index (χ1n) is 5.41. The summed E-state index contributed by atoms with van der Waals surface area (Å²) in [6.45, 7) is 0.370. The van der Waals surface area contributed by atoms with Crippen molar-refractivity contribution in [1.29, 1.82) is 0 Å². The molecule has 94 valence electrons. The first-order chi connectivity index (χ1) is 8.63. The molecule has 2 N–H and O–H groups in total. The van der Waals surface area contributed by atoms with Crippen molar-refractivity contribution >= 4 is 11.7 Å². The van der Waals surface area contributed by atoms with Crippen molar-refractivity contribution in [2.45, 2.75) is 6.54 Å². The van der Waals surface area contributed by atoms with E-state index in [-0.39, 0.29) is 11.8 Å². The highest BCUT2D eigenvalue weighted by molar-refractivity contribution is 5.89. The molecule has 1 heterocycles. The Labute approximate surface area is 104 Å². The van der Waals surface area contributed by atoms with E-state index in [2.05, 4.69) is 15.7 Å². The Bertz CT molecular complexity index is 553. The minimum absolute atomic E-state index is 0.370. The van der Waals surface area contributed by atoms with Gasteiger partial charge < -0.3 is 10.6 Å². The van der Waals surface area contributed by atoms with Gasteiger partial charge in [0.1, 0.15) is 5.82 Å². The topological polar surface area (TPSA) is 59.0 Å². The van der Waals surface area contributed by atoms with E-state index in [0.29, 0.717) is 12.2 Å². The molecule has 0 saturated heterocycles.